The largest absolute Gasteiger partial charge is 0.491 e. The zero-order valence-corrected chi connectivity index (χ0v) is 18.1. The van der Waals surface area contributed by atoms with Gasteiger partial charge in [0.2, 0.25) is 5.91 Å². The number of ether oxygens (including phenoxy) is 1. The molecule has 156 valence electrons. The first-order chi connectivity index (χ1) is 13.7. The highest BCUT2D eigenvalue weighted by Gasteiger charge is 2.31. The van der Waals surface area contributed by atoms with E-state index in [0.717, 1.165) is 22.5 Å². The molecule has 2 aliphatic rings. The highest BCUT2D eigenvalue weighted by atomic mass is 16.5. The summed E-state index contributed by atoms with van der Waals surface area (Å²) in [6.45, 7) is 10.7. The van der Waals surface area contributed by atoms with E-state index in [-0.39, 0.29) is 17.2 Å². The highest BCUT2D eigenvalue weighted by molar-refractivity contribution is 6.46. The Bertz CT molecular complexity index is 864. The molecule has 0 unspecified atom stereocenters. The van der Waals surface area contributed by atoms with Crippen LogP contribution in [0.4, 0.5) is 0 Å². The number of para-hydroxylation sites is 1. The number of rotatable bonds is 5. The summed E-state index contributed by atoms with van der Waals surface area (Å²) < 4.78 is 6.00. The molecule has 0 bridgehead atoms. The molecular formula is C23H31N3O3. The number of hydrogen-bond donors (Lipinski definition) is 0. The van der Waals surface area contributed by atoms with Gasteiger partial charge < -0.3 is 14.5 Å². The van der Waals surface area contributed by atoms with Gasteiger partial charge in [0.05, 0.1) is 13.1 Å². The molecule has 29 heavy (non-hydrogen) atoms. The van der Waals surface area contributed by atoms with Gasteiger partial charge in [0, 0.05) is 27.1 Å². The normalized spacial score (nSPS) is 16.4. The van der Waals surface area contributed by atoms with Gasteiger partial charge >= 0.3 is 0 Å². The average Bonchev–Trinajstić information content (AvgIpc) is 3.10. The predicted molar refractivity (Wildman–Crippen MR) is 114 cm³/mol. The summed E-state index contributed by atoms with van der Waals surface area (Å²) in [6.07, 6.45) is 0.697. The molecule has 2 amide bonds. The lowest BCUT2D eigenvalue weighted by molar-refractivity contribution is -0.128. The first-order valence-electron chi connectivity index (χ1n) is 10.2. The lowest BCUT2D eigenvalue weighted by atomic mass is 9.86. The molecule has 0 atom stereocenters. The van der Waals surface area contributed by atoms with Crippen molar-refractivity contribution in [2.24, 2.45) is 4.99 Å². The maximum Gasteiger partial charge on any atom is 0.272 e. The summed E-state index contributed by atoms with van der Waals surface area (Å²) in [7, 11) is 1.78. The maximum absolute atomic E-state index is 12.9. The number of amides is 2. The smallest absolute Gasteiger partial charge is 0.272 e. The van der Waals surface area contributed by atoms with Crippen LogP contribution < -0.4 is 4.74 Å². The second-order valence-electron chi connectivity index (χ2n) is 8.76. The molecular weight excluding hydrogens is 366 g/mol. The average molecular weight is 398 g/mol. The molecule has 0 aliphatic carbocycles. The lowest BCUT2D eigenvalue weighted by Gasteiger charge is -2.28. The molecule has 0 fully saturated rings. The zero-order chi connectivity index (χ0) is 21.2. The molecule has 1 aromatic carbocycles. The lowest BCUT2D eigenvalue weighted by Crippen LogP contribution is -2.39. The molecule has 0 saturated carbocycles. The highest BCUT2D eigenvalue weighted by Crippen LogP contribution is 2.31. The molecule has 6 heteroatoms. The molecule has 0 aromatic heterocycles. The van der Waals surface area contributed by atoms with Crippen LogP contribution in [0.25, 0.3) is 0 Å². The summed E-state index contributed by atoms with van der Waals surface area (Å²) in [6, 6.07) is 8.04. The number of carbonyl (C=O) groups is 2. The fourth-order valence-electron chi connectivity index (χ4n) is 3.78. The minimum Gasteiger partial charge on any atom is -0.491 e. The standard InChI is InChI=1S/C23H31N3O3/c1-16(27)26-11-10-18-17(15-26)14-24-21(18)22(28)25(5)12-13-29-20-9-7-6-8-19(20)23(2,3)4/h6-9H,10-15H2,1-5H3. The SMILES string of the molecule is CC(=O)N1CCC2=C(CN=C2C(=O)N(C)CCOc2ccccc2C(C)(C)C)C1. The van der Waals surface area contributed by atoms with E-state index in [4.69, 9.17) is 4.74 Å². The molecule has 2 aliphatic heterocycles. The Hall–Kier alpha value is -2.63. The second-order valence-corrected chi connectivity index (χ2v) is 8.76. The topological polar surface area (TPSA) is 62.2 Å². The monoisotopic (exact) mass is 397 g/mol. The Labute approximate surface area is 173 Å². The molecule has 0 radical (unpaired) electrons. The van der Waals surface area contributed by atoms with Gasteiger partial charge in [-0.3, -0.25) is 14.6 Å². The summed E-state index contributed by atoms with van der Waals surface area (Å²) >= 11 is 0. The van der Waals surface area contributed by atoms with Crippen molar-refractivity contribution in [2.75, 3.05) is 39.8 Å². The summed E-state index contributed by atoms with van der Waals surface area (Å²) in [4.78, 5) is 32.5. The van der Waals surface area contributed by atoms with Crippen molar-refractivity contribution >= 4 is 17.5 Å². The quantitative estimate of drug-likeness (QED) is 0.768. The third-order valence-corrected chi connectivity index (χ3v) is 5.53. The van der Waals surface area contributed by atoms with Crippen molar-refractivity contribution < 1.29 is 14.3 Å². The van der Waals surface area contributed by atoms with Crippen molar-refractivity contribution in [3.63, 3.8) is 0 Å². The van der Waals surface area contributed by atoms with E-state index in [2.05, 4.69) is 31.8 Å². The van der Waals surface area contributed by atoms with E-state index in [0.29, 0.717) is 44.9 Å². The predicted octanol–water partition coefficient (Wildman–Crippen LogP) is 2.82. The summed E-state index contributed by atoms with van der Waals surface area (Å²) in [5, 5.41) is 0. The maximum atomic E-state index is 12.9. The minimum absolute atomic E-state index is 0.00545. The molecule has 0 N–H and O–H groups in total. The summed E-state index contributed by atoms with van der Waals surface area (Å²) in [5.41, 5.74) is 3.83. The van der Waals surface area contributed by atoms with E-state index in [1.165, 1.54) is 0 Å². The number of carbonyl (C=O) groups excluding carboxylic acids is 2. The number of nitrogens with zero attached hydrogens (tertiary/aromatic N) is 3. The van der Waals surface area contributed by atoms with Crippen LogP contribution >= 0.6 is 0 Å². The van der Waals surface area contributed by atoms with Crippen molar-refractivity contribution in [3.8, 4) is 5.75 Å². The van der Waals surface area contributed by atoms with Gasteiger partial charge in [-0.05, 0) is 34.6 Å². The van der Waals surface area contributed by atoms with Crippen molar-refractivity contribution in [1.29, 1.82) is 0 Å². The van der Waals surface area contributed by atoms with Crippen molar-refractivity contribution in [3.05, 3.63) is 41.0 Å². The van der Waals surface area contributed by atoms with Gasteiger partial charge in [-0.25, -0.2) is 0 Å². The molecule has 1 aromatic rings. The number of hydrogen-bond acceptors (Lipinski definition) is 4. The molecule has 6 nitrogen and oxygen atoms in total. The Balaban J connectivity index is 1.58. The van der Waals surface area contributed by atoms with Crippen LogP contribution in [0.15, 0.2) is 40.4 Å². The van der Waals surface area contributed by atoms with Crippen LogP contribution in [-0.2, 0) is 15.0 Å². The molecule has 2 heterocycles. The van der Waals surface area contributed by atoms with Gasteiger partial charge in [0.15, 0.2) is 0 Å². The van der Waals surface area contributed by atoms with Gasteiger partial charge in [0.25, 0.3) is 5.91 Å². The van der Waals surface area contributed by atoms with Gasteiger partial charge in [0.1, 0.15) is 18.1 Å². The minimum atomic E-state index is -0.0704. The van der Waals surface area contributed by atoms with E-state index >= 15 is 0 Å². The van der Waals surface area contributed by atoms with Crippen molar-refractivity contribution in [2.45, 2.75) is 39.5 Å². The van der Waals surface area contributed by atoms with E-state index in [1.54, 1.807) is 18.9 Å². The van der Waals surface area contributed by atoms with Crippen LogP contribution in [-0.4, -0.2) is 67.2 Å². The number of likely N-dealkylation sites (N-methyl/N-ethyl adjacent to an activating group) is 1. The third kappa shape index (κ3) is 4.69. The van der Waals surface area contributed by atoms with Crippen LogP contribution in [0.3, 0.4) is 0 Å². The Kier molecular flexibility index (Phi) is 6.10. The fraction of sp³-hybridized carbons (Fsp3) is 0.522. The zero-order valence-electron chi connectivity index (χ0n) is 18.1. The van der Waals surface area contributed by atoms with Gasteiger partial charge in [-0.15, -0.1) is 0 Å². The molecule has 0 saturated heterocycles. The third-order valence-electron chi connectivity index (χ3n) is 5.53. The first kappa shape index (κ1) is 21.1. The number of benzene rings is 1. The second kappa shape index (κ2) is 8.39. The van der Waals surface area contributed by atoms with Gasteiger partial charge in [-0.2, -0.15) is 0 Å². The van der Waals surface area contributed by atoms with Crippen LogP contribution in [0.1, 0.15) is 39.7 Å². The Morgan fingerprint density at radius 3 is 2.66 bits per heavy atom. The number of aliphatic imine (C=N–C) groups is 1. The van der Waals surface area contributed by atoms with E-state index in [9.17, 15) is 9.59 Å². The fourth-order valence-corrected chi connectivity index (χ4v) is 3.78. The van der Waals surface area contributed by atoms with E-state index < -0.39 is 0 Å². The van der Waals surface area contributed by atoms with Crippen LogP contribution in [0.2, 0.25) is 0 Å². The molecule has 0 spiro atoms. The van der Waals surface area contributed by atoms with E-state index in [1.807, 2.05) is 23.1 Å². The van der Waals surface area contributed by atoms with Gasteiger partial charge in [-0.1, -0.05) is 39.0 Å². The van der Waals surface area contributed by atoms with Crippen LogP contribution in [0, 0.1) is 0 Å². The first-order valence-corrected chi connectivity index (χ1v) is 10.2. The Morgan fingerprint density at radius 1 is 1.24 bits per heavy atom. The van der Waals surface area contributed by atoms with Crippen molar-refractivity contribution in [1.82, 2.24) is 9.80 Å². The Morgan fingerprint density at radius 2 is 1.97 bits per heavy atom. The van der Waals surface area contributed by atoms with Crippen LogP contribution in [0.5, 0.6) is 5.75 Å². The summed E-state index contributed by atoms with van der Waals surface area (Å²) in [5.74, 6) is 0.862. The molecule has 3 rings (SSSR count).